The maximum Gasteiger partial charge on any atom is 0.270 e. The Labute approximate surface area is 187 Å². The van der Waals surface area contributed by atoms with Gasteiger partial charge in [0.05, 0.1) is 26.1 Å². The lowest BCUT2D eigenvalue weighted by Crippen LogP contribution is -2.61. The van der Waals surface area contributed by atoms with Crippen molar-refractivity contribution in [2.24, 2.45) is 11.8 Å². The Morgan fingerprint density at radius 1 is 1.26 bits per heavy atom. The fraction of sp³-hybridized carbons (Fsp3) is 0.619. The smallest absolute Gasteiger partial charge is 0.270 e. The summed E-state index contributed by atoms with van der Waals surface area (Å²) in [4.78, 5) is 16.4. The Hall–Kier alpha value is -1.46. The normalized spacial score (nSPS) is 37.5. The highest BCUT2D eigenvalue weighted by Crippen LogP contribution is 2.55. The van der Waals surface area contributed by atoms with Crippen LogP contribution in [0.4, 0.5) is 0 Å². The third-order valence-corrected chi connectivity index (χ3v) is 11.4. The molecule has 1 aromatic heterocycles. The average Bonchev–Trinajstić information content (AvgIpc) is 3.45. The van der Waals surface area contributed by atoms with Crippen molar-refractivity contribution in [3.8, 4) is 0 Å². The van der Waals surface area contributed by atoms with Crippen molar-refractivity contribution in [2.75, 3.05) is 6.54 Å². The molecule has 0 radical (unpaired) electrons. The van der Waals surface area contributed by atoms with E-state index in [-0.39, 0.29) is 17.3 Å². The number of hydrogen-bond donors (Lipinski definition) is 4. The molecular formula is C21H26N6O2S2. The lowest BCUT2D eigenvalue weighted by atomic mass is 9.74. The molecule has 3 saturated heterocycles. The summed E-state index contributed by atoms with van der Waals surface area (Å²) in [6.45, 7) is 1.53. The first-order valence-corrected chi connectivity index (χ1v) is 13.4. The highest BCUT2D eigenvalue weighted by Gasteiger charge is 2.55. The second-order valence-electron chi connectivity index (χ2n) is 9.44. The van der Waals surface area contributed by atoms with Crippen molar-refractivity contribution < 1.29 is 9.00 Å². The van der Waals surface area contributed by atoms with Crippen molar-refractivity contribution in [2.45, 2.75) is 61.4 Å². The first kappa shape index (κ1) is 19.0. The number of carbonyl (C=O) groups is 1. The summed E-state index contributed by atoms with van der Waals surface area (Å²) in [6.07, 6.45) is 7.36. The van der Waals surface area contributed by atoms with Gasteiger partial charge in [0.25, 0.3) is 5.91 Å². The summed E-state index contributed by atoms with van der Waals surface area (Å²) in [7, 11) is -0.921. The van der Waals surface area contributed by atoms with Gasteiger partial charge >= 0.3 is 0 Å². The number of thioether (sulfide) groups is 1. The highest BCUT2D eigenvalue weighted by atomic mass is 32.2. The molecule has 0 aromatic carbocycles. The van der Waals surface area contributed by atoms with E-state index in [9.17, 15) is 9.00 Å². The number of hydrazine groups is 2. The molecule has 0 bridgehead atoms. The predicted molar refractivity (Wildman–Crippen MR) is 118 cm³/mol. The van der Waals surface area contributed by atoms with Crippen molar-refractivity contribution in [1.82, 2.24) is 31.6 Å². The molecule has 6 aliphatic rings. The minimum absolute atomic E-state index is 0.0763. The van der Waals surface area contributed by atoms with Crippen molar-refractivity contribution in [3.63, 3.8) is 0 Å². The van der Waals surface area contributed by atoms with Crippen LogP contribution in [0.2, 0.25) is 0 Å². The fourth-order valence-corrected chi connectivity index (χ4v) is 9.81. The molecule has 5 aliphatic heterocycles. The van der Waals surface area contributed by atoms with Crippen molar-refractivity contribution in [3.05, 3.63) is 39.0 Å². The Balaban J connectivity index is 1.23. The Bertz CT molecular complexity index is 1030. The average molecular weight is 459 g/mol. The molecule has 164 valence electrons. The Morgan fingerprint density at radius 3 is 3.00 bits per heavy atom. The SMILES string of the molecule is O=C1NCc2cc(C3CC4C5C(=C(S(=O)C6CCC6)SC5N3)NN3NCCC43)cnc21. The third-order valence-electron chi connectivity index (χ3n) is 7.82. The molecule has 1 amide bonds. The van der Waals surface area contributed by atoms with Crippen LogP contribution < -0.4 is 21.5 Å². The molecule has 1 saturated carbocycles. The number of fused-ring (bicyclic) bond motifs is 3. The number of rotatable bonds is 3. The number of hydrogen-bond acceptors (Lipinski definition) is 8. The first-order chi connectivity index (χ1) is 15.2. The van der Waals surface area contributed by atoms with Crippen LogP contribution in [0, 0.1) is 11.8 Å². The molecule has 31 heavy (non-hydrogen) atoms. The van der Waals surface area contributed by atoms with Gasteiger partial charge in [0.1, 0.15) is 5.69 Å². The topological polar surface area (TPSA) is 98.4 Å². The van der Waals surface area contributed by atoms with Gasteiger partial charge in [-0.05, 0) is 43.2 Å². The number of amides is 1. The highest BCUT2D eigenvalue weighted by molar-refractivity contribution is 8.17. The van der Waals surface area contributed by atoms with Gasteiger partial charge in [0.15, 0.2) is 0 Å². The number of carbonyl (C=O) groups excluding carboxylic acids is 1. The molecule has 1 aromatic rings. The van der Waals surface area contributed by atoms with Crippen LogP contribution in [0.3, 0.4) is 0 Å². The zero-order valence-electron chi connectivity index (χ0n) is 17.1. The summed E-state index contributed by atoms with van der Waals surface area (Å²) in [5, 5.41) is 9.46. The minimum atomic E-state index is -0.921. The van der Waals surface area contributed by atoms with Crippen LogP contribution in [0.15, 0.2) is 22.2 Å². The van der Waals surface area contributed by atoms with E-state index in [2.05, 4.69) is 37.7 Å². The summed E-state index contributed by atoms with van der Waals surface area (Å²) >= 11 is 1.78. The minimum Gasteiger partial charge on any atom is -0.347 e. The monoisotopic (exact) mass is 458 g/mol. The van der Waals surface area contributed by atoms with Crippen LogP contribution >= 0.6 is 11.8 Å². The van der Waals surface area contributed by atoms with Gasteiger partial charge in [-0.25, -0.2) is 5.43 Å². The van der Waals surface area contributed by atoms with Gasteiger partial charge in [-0.15, -0.1) is 0 Å². The molecule has 8 nitrogen and oxygen atoms in total. The number of nitrogens with one attached hydrogen (secondary N) is 4. The van der Waals surface area contributed by atoms with E-state index < -0.39 is 10.8 Å². The second-order valence-corrected chi connectivity index (χ2v) is 12.5. The second kappa shape index (κ2) is 7.02. The summed E-state index contributed by atoms with van der Waals surface area (Å²) < 4.78 is 14.4. The largest absolute Gasteiger partial charge is 0.347 e. The Morgan fingerprint density at radius 2 is 2.16 bits per heavy atom. The van der Waals surface area contributed by atoms with Gasteiger partial charge in [-0.3, -0.25) is 19.3 Å². The molecule has 7 rings (SSSR count). The lowest BCUT2D eigenvalue weighted by Gasteiger charge is -2.48. The van der Waals surface area contributed by atoms with Crippen LogP contribution in [-0.4, -0.2) is 43.4 Å². The summed E-state index contributed by atoms with van der Waals surface area (Å²) in [5.74, 6) is 0.776. The van der Waals surface area contributed by atoms with E-state index in [0.29, 0.717) is 35.4 Å². The van der Waals surface area contributed by atoms with Crippen LogP contribution in [0.25, 0.3) is 0 Å². The number of piperidine rings is 1. The molecule has 4 N–H and O–H groups in total. The van der Waals surface area contributed by atoms with Crippen molar-refractivity contribution >= 4 is 28.5 Å². The van der Waals surface area contributed by atoms with Crippen LogP contribution in [0.1, 0.15) is 59.8 Å². The molecular weight excluding hydrogens is 432 g/mol. The first-order valence-electron chi connectivity index (χ1n) is 11.3. The quantitative estimate of drug-likeness (QED) is 0.537. The Kier molecular flexibility index (Phi) is 4.31. The third kappa shape index (κ3) is 2.81. The fourth-order valence-electron chi connectivity index (χ4n) is 6.00. The van der Waals surface area contributed by atoms with Crippen LogP contribution in [0.5, 0.6) is 0 Å². The van der Waals surface area contributed by atoms with Gasteiger partial charge in [0, 0.05) is 48.1 Å². The van der Waals surface area contributed by atoms with Gasteiger partial charge in [-0.1, -0.05) is 18.2 Å². The molecule has 6 atom stereocenters. The molecule has 6 unspecified atom stereocenters. The van der Waals surface area contributed by atoms with E-state index in [1.54, 1.807) is 11.8 Å². The van der Waals surface area contributed by atoms with Crippen LogP contribution in [-0.2, 0) is 17.3 Å². The summed E-state index contributed by atoms with van der Waals surface area (Å²) in [6, 6.07) is 2.76. The van der Waals surface area contributed by atoms with Gasteiger partial charge in [0.2, 0.25) is 0 Å². The number of nitrogens with zero attached hydrogens (tertiary/aromatic N) is 2. The standard InChI is InChI=1S/C21H26N6O2S2/c28-19-17-11(9-23-19)6-10(8-22-17)14-7-13-15-4-5-24-27(15)26-18-16(13)20(25-14)30-21(18)31(29)12-2-1-3-12/h6,8,12-16,20,24-26H,1-5,7,9H2,(H,23,28). The van der Waals surface area contributed by atoms with E-state index in [1.807, 2.05) is 6.20 Å². The summed E-state index contributed by atoms with van der Waals surface area (Å²) in [5.41, 5.74) is 11.0. The van der Waals surface area contributed by atoms with E-state index in [1.165, 1.54) is 12.1 Å². The zero-order valence-corrected chi connectivity index (χ0v) is 18.7. The van der Waals surface area contributed by atoms with Gasteiger partial charge < -0.3 is 10.7 Å². The number of aromatic nitrogens is 1. The maximum atomic E-state index is 13.4. The maximum absolute atomic E-state index is 13.4. The molecule has 6 heterocycles. The number of pyridine rings is 1. The predicted octanol–water partition coefficient (Wildman–Crippen LogP) is 1.23. The van der Waals surface area contributed by atoms with E-state index >= 15 is 0 Å². The van der Waals surface area contributed by atoms with E-state index in [4.69, 9.17) is 0 Å². The lowest BCUT2D eigenvalue weighted by molar-refractivity contribution is 0.00558. The molecule has 4 fully saturated rings. The molecule has 1 aliphatic carbocycles. The molecule has 10 heteroatoms. The molecule has 0 spiro atoms. The van der Waals surface area contributed by atoms with Gasteiger partial charge in [-0.2, -0.15) is 5.12 Å². The van der Waals surface area contributed by atoms with Crippen molar-refractivity contribution in [1.29, 1.82) is 0 Å². The zero-order chi connectivity index (χ0) is 20.7. The van der Waals surface area contributed by atoms with E-state index in [0.717, 1.165) is 47.6 Å².